The molecule has 22 heavy (non-hydrogen) atoms. The Morgan fingerprint density at radius 1 is 1.36 bits per heavy atom. The highest BCUT2D eigenvalue weighted by atomic mass is 35.5. The number of hydrogen-bond acceptors (Lipinski definition) is 5. The standard InChI is InChI=1S/C13H17N5OS.2ClH/c19-12(16-10-11-15-7-9-20-11)13(2-5-14-6-3-13)18-8-1-4-17-18;;/h1,4,7-9,14H,2-3,5-6,10H2,(H,16,19);2*1H. The Bertz CT molecular complexity index is 555. The summed E-state index contributed by atoms with van der Waals surface area (Å²) in [5, 5.41) is 13.4. The van der Waals surface area contributed by atoms with Crippen molar-refractivity contribution >= 4 is 42.1 Å². The summed E-state index contributed by atoms with van der Waals surface area (Å²) in [6.07, 6.45) is 6.84. The molecule has 0 aromatic carbocycles. The van der Waals surface area contributed by atoms with Crippen molar-refractivity contribution in [1.82, 2.24) is 25.4 Å². The molecule has 1 saturated heterocycles. The molecule has 0 unspecified atom stereocenters. The van der Waals surface area contributed by atoms with E-state index in [9.17, 15) is 4.79 Å². The van der Waals surface area contributed by atoms with Crippen molar-refractivity contribution < 1.29 is 4.79 Å². The average Bonchev–Trinajstić information content (AvgIpc) is 3.18. The topological polar surface area (TPSA) is 71.8 Å². The van der Waals surface area contributed by atoms with E-state index in [1.54, 1.807) is 28.4 Å². The molecule has 0 bridgehead atoms. The summed E-state index contributed by atoms with van der Waals surface area (Å²) in [5.74, 6) is 0.0258. The maximum atomic E-state index is 12.7. The van der Waals surface area contributed by atoms with Crippen LogP contribution in [0.2, 0.25) is 0 Å². The Hall–Kier alpha value is -1.15. The minimum atomic E-state index is -0.577. The van der Waals surface area contributed by atoms with Gasteiger partial charge in [0.15, 0.2) is 0 Å². The van der Waals surface area contributed by atoms with Crippen molar-refractivity contribution in [3.05, 3.63) is 35.0 Å². The summed E-state index contributed by atoms with van der Waals surface area (Å²) in [6, 6.07) is 1.86. The Balaban J connectivity index is 0.00000121. The van der Waals surface area contributed by atoms with Gasteiger partial charge in [0.2, 0.25) is 5.91 Å². The van der Waals surface area contributed by atoms with Gasteiger partial charge >= 0.3 is 0 Å². The van der Waals surface area contributed by atoms with Crippen LogP contribution in [0.4, 0.5) is 0 Å². The van der Waals surface area contributed by atoms with Crippen LogP contribution in [0.3, 0.4) is 0 Å². The van der Waals surface area contributed by atoms with Crippen LogP contribution in [-0.4, -0.2) is 33.8 Å². The third kappa shape index (κ3) is 3.78. The Kier molecular flexibility index (Phi) is 7.28. The number of carbonyl (C=O) groups excluding carboxylic acids is 1. The van der Waals surface area contributed by atoms with Gasteiger partial charge in [-0.2, -0.15) is 5.10 Å². The molecule has 2 N–H and O–H groups in total. The molecule has 0 radical (unpaired) electrons. The molecule has 1 amide bonds. The van der Waals surface area contributed by atoms with Gasteiger partial charge in [-0.05, 0) is 32.0 Å². The van der Waals surface area contributed by atoms with Gasteiger partial charge in [0, 0.05) is 24.0 Å². The number of carbonyl (C=O) groups is 1. The molecule has 2 aromatic rings. The molecule has 3 heterocycles. The summed E-state index contributed by atoms with van der Waals surface area (Å²) in [4.78, 5) is 16.9. The van der Waals surface area contributed by atoms with Crippen LogP contribution in [0.25, 0.3) is 0 Å². The average molecular weight is 364 g/mol. The molecule has 0 aliphatic carbocycles. The fraction of sp³-hybridized carbons (Fsp3) is 0.462. The molecule has 3 rings (SSSR count). The van der Waals surface area contributed by atoms with Gasteiger partial charge in [-0.15, -0.1) is 36.2 Å². The van der Waals surface area contributed by atoms with Crippen molar-refractivity contribution in [1.29, 1.82) is 0 Å². The quantitative estimate of drug-likeness (QED) is 0.864. The monoisotopic (exact) mass is 363 g/mol. The number of hydrogen-bond donors (Lipinski definition) is 2. The number of amides is 1. The first-order valence-electron chi connectivity index (χ1n) is 6.69. The van der Waals surface area contributed by atoms with Gasteiger partial charge in [0.25, 0.3) is 0 Å². The minimum absolute atomic E-state index is 0. The highest BCUT2D eigenvalue weighted by molar-refractivity contribution is 7.09. The number of rotatable bonds is 4. The molecule has 122 valence electrons. The zero-order valence-corrected chi connectivity index (χ0v) is 14.3. The first-order chi connectivity index (χ1) is 9.81. The highest BCUT2D eigenvalue weighted by Gasteiger charge is 2.41. The summed E-state index contributed by atoms with van der Waals surface area (Å²) in [7, 11) is 0. The van der Waals surface area contributed by atoms with Crippen LogP contribution in [-0.2, 0) is 16.9 Å². The van der Waals surface area contributed by atoms with Gasteiger partial charge in [-0.25, -0.2) is 4.98 Å². The molecule has 0 atom stereocenters. The second-order valence-electron chi connectivity index (χ2n) is 4.84. The third-order valence-electron chi connectivity index (χ3n) is 3.68. The van der Waals surface area contributed by atoms with E-state index in [-0.39, 0.29) is 30.7 Å². The maximum absolute atomic E-state index is 12.7. The SMILES string of the molecule is Cl.Cl.O=C(NCc1nccs1)C1(n2cccn2)CCNCC1. The van der Waals surface area contributed by atoms with Crippen molar-refractivity contribution in [2.75, 3.05) is 13.1 Å². The fourth-order valence-electron chi connectivity index (χ4n) is 2.58. The van der Waals surface area contributed by atoms with Crippen LogP contribution in [0, 0.1) is 0 Å². The number of thiazole rings is 1. The Labute approximate surface area is 145 Å². The predicted molar refractivity (Wildman–Crippen MR) is 90.8 cm³/mol. The number of nitrogens with zero attached hydrogens (tertiary/aromatic N) is 3. The zero-order chi connectivity index (χ0) is 13.8. The fourth-order valence-corrected chi connectivity index (χ4v) is 3.14. The first kappa shape index (κ1) is 18.9. The maximum Gasteiger partial charge on any atom is 0.248 e. The van der Waals surface area contributed by atoms with E-state index in [0.29, 0.717) is 6.54 Å². The van der Waals surface area contributed by atoms with E-state index in [4.69, 9.17) is 0 Å². The van der Waals surface area contributed by atoms with Crippen LogP contribution in [0.1, 0.15) is 17.8 Å². The second-order valence-corrected chi connectivity index (χ2v) is 5.82. The first-order valence-corrected chi connectivity index (χ1v) is 7.57. The van der Waals surface area contributed by atoms with Crippen LogP contribution in [0.15, 0.2) is 30.0 Å². The lowest BCUT2D eigenvalue weighted by Gasteiger charge is -2.36. The van der Waals surface area contributed by atoms with Gasteiger partial charge in [0.1, 0.15) is 10.5 Å². The van der Waals surface area contributed by atoms with Crippen molar-refractivity contribution in [3.63, 3.8) is 0 Å². The van der Waals surface area contributed by atoms with Gasteiger partial charge in [-0.1, -0.05) is 0 Å². The molecular weight excluding hydrogens is 345 g/mol. The smallest absolute Gasteiger partial charge is 0.248 e. The van der Waals surface area contributed by atoms with E-state index in [1.807, 2.05) is 17.6 Å². The van der Waals surface area contributed by atoms with Crippen molar-refractivity contribution in [2.24, 2.45) is 0 Å². The number of halogens is 2. The van der Waals surface area contributed by atoms with E-state index in [0.717, 1.165) is 30.9 Å². The summed E-state index contributed by atoms with van der Waals surface area (Å²) >= 11 is 1.55. The van der Waals surface area contributed by atoms with Crippen LogP contribution in [0.5, 0.6) is 0 Å². The van der Waals surface area contributed by atoms with E-state index >= 15 is 0 Å². The molecule has 6 nitrogen and oxygen atoms in total. The lowest BCUT2D eigenvalue weighted by Crippen LogP contribution is -2.54. The minimum Gasteiger partial charge on any atom is -0.347 e. The highest BCUT2D eigenvalue weighted by Crippen LogP contribution is 2.27. The van der Waals surface area contributed by atoms with Crippen LogP contribution >= 0.6 is 36.2 Å². The lowest BCUT2D eigenvalue weighted by molar-refractivity contribution is -0.132. The van der Waals surface area contributed by atoms with Gasteiger partial charge < -0.3 is 10.6 Å². The summed E-state index contributed by atoms with van der Waals surface area (Å²) < 4.78 is 1.80. The van der Waals surface area contributed by atoms with Gasteiger partial charge in [0.05, 0.1) is 6.54 Å². The zero-order valence-electron chi connectivity index (χ0n) is 11.9. The van der Waals surface area contributed by atoms with E-state index < -0.39 is 5.54 Å². The Morgan fingerprint density at radius 2 is 2.14 bits per heavy atom. The number of piperidine rings is 1. The second kappa shape index (κ2) is 8.47. The summed E-state index contributed by atoms with van der Waals surface area (Å²) in [5.41, 5.74) is -0.577. The molecular formula is C13H19Cl2N5OS. The number of aromatic nitrogens is 3. The molecule has 0 spiro atoms. The van der Waals surface area contributed by atoms with Gasteiger partial charge in [-0.3, -0.25) is 9.48 Å². The van der Waals surface area contributed by atoms with Crippen LogP contribution < -0.4 is 10.6 Å². The molecule has 1 aliphatic heterocycles. The van der Waals surface area contributed by atoms with Crippen molar-refractivity contribution in [3.8, 4) is 0 Å². The molecule has 9 heteroatoms. The Morgan fingerprint density at radius 3 is 2.73 bits per heavy atom. The molecule has 0 saturated carbocycles. The third-order valence-corrected chi connectivity index (χ3v) is 4.46. The largest absolute Gasteiger partial charge is 0.347 e. The molecule has 1 fully saturated rings. The lowest BCUT2D eigenvalue weighted by atomic mass is 9.87. The normalized spacial score (nSPS) is 16.2. The predicted octanol–water partition coefficient (Wildman–Crippen LogP) is 1.58. The number of nitrogens with one attached hydrogen (secondary N) is 2. The molecule has 1 aliphatic rings. The van der Waals surface area contributed by atoms with Crippen molar-refractivity contribution in [2.45, 2.75) is 24.9 Å². The van der Waals surface area contributed by atoms with E-state index in [2.05, 4.69) is 20.7 Å². The summed E-state index contributed by atoms with van der Waals surface area (Å²) in [6.45, 7) is 2.13. The molecule has 2 aromatic heterocycles. The van der Waals surface area contributed by atoms with E-state index in [1.165, 1.54) is 0 Å².